The first kappa shape index (κ1) is 21.4. The van der Waals surface area contributed by atoms with E-state index in [-0.39, 0.29) is 0 Å². The Morgan fingerprint density at radius 2 is 1.00 bits per heavy atom. The van der Waals surface area contributed by atoms with Crippen LogP contribution in [0, 0.1) is 23.7 Å². The monoisotopic (exact) mass is 392 g/mol. The van der Waals surface area contributed by atoms with E-state index in [9.17, 15) is 0 Å². The first-order chi connectivity index (χ1) is 14.8. The van der Waals surface area contributed by atoms with Gasteiger partial charge in [-0.15, -0.1) is 0 Å². The summed E-state index contributed by atoms with van der Waals surface area (Å²) < 4.78 is 0. The molecule has 0 unspecified atom stereocenters. The molecule has 0 atom stereocenters. The lowest BCUT2D eigenvalue weighted by Gasteiger charge is -2.11. The van der Waals surface area contributed by atoms with Gasteiger partial charge in [-0.2, -0.15) is 0 Å². The fourth-order valence-electron chi connectivity index (χ4n) is 3.03. The van der Waals surface area contributed by atoms with E-state index < -0.39 is 0 Å². The van der Waals surface area contributed by atoms with Gasteiger partial charge in [0, 0.05) is 24.0 Å². The fourth-order valence-corrected chi connectivity index (χ4v) is 3.03. The van der Waals surface area contributed by atoms with Crippen molar-refractivity contribution in [2.24, 2.45) is 0 Å². The molecule has 0 amide bonds. The molecule has 150 valence electrons. The molecule has 0 radical (unpaired) electrons. The van der Waals surface area contributed by atoms with Crippen molar-refractivity contribution in [3.8, 4) is 46.2 Å². The third-order valence-corrected chi connectivity index (χ3v) is 4.71. The molecule has 3 aromatic rings. The second-order valence-corrected chi connectivity index (χ2v) is 7.16. The third kappa shape index (κ3) is 5.82. The van der Waals surface area contributed by atoms with Gasteiger partial charge in [0.1, 0.15) is 11.4 Å². The van der Waals surface area contributed by atoms with Crippen molar-refractivity contribution in [2.75, 3.05) is 0 Å². The molecule has 0 aliphatic carbocycles. The Balaban J connectivity index is 2.16. The van der Waals surface area contributed by atoms with Crippen molar-refractivity contribution in [1.29, 1.82) is 0 Å². The SMILES string of the molecule is CCCCC#Cc1nc(-c2ccccc2)c(-c2ccccc2)nc1C#CCCCC. The fraction of sp³-hybridized carbons (Fsp3) is 0.286. The Bertz CT molecular complexity index is 973. The van der Waals surface area contributed by atoms with Gasteiger partial charge < -0.3 is 0 Å². The molecule has 0 fully saturated rings. The normalized spacial score (nSPS) is 9.93. The lowest BCUT2D eigenvalue weighted by atomic mass is 10.0. The van der Waals surface area contributed by atoms with Crippen LogP contribution in [-0.4, -0.2) is 9.97 Å². The number of hydrogen-bond donors (Lipinski definition) is 0. The molecule has 0 spiro atoms. The number of rotatable bonds is 6. The summed E-state index contributed by atoms with van der Waals surface area (Å²) in [5.74, 6) is 13.0. The first-order valence-corrected chi connectivity index (χ1v) is 10.8. The van der Waals surface area contributed by atoms with Crippen LogP contribution in [0.25, 0.3) is 22.5 Å². The second kappa shape index (κ2) is 11.6. The lowest BCUT2D eigenvalue weighted by Crippen LogP contribution is -2.01. The van der Waals surface area contributed by atoms with Crippen LogP contribution >= 0.6 is 0 Å². The van der Waals surface area contributed by atoms with Crippen LogP contribution in [0.3, 0.4) is 0 Å². The van der Waals surface area contributed by atoms with E-state index in [0.717, 1.165) is 61.0 Å². The molecule has 0 N–H and O–H groups in total. The molecular weight excluding hydrogens is 364 g/mol. The molecule has 0 bridgehead atoms. The van der Waals surface area contributed by atoms with Crippen molar-refractivity contribution < 1.29 is 0 Å². The van der Waals surface area contributed by atoms with Crippen molar-refractivity contribution >= 4 is 0 Å². The lowest BCUT2D eigenvalue weighted by molar-refractivity contribution is 0.827. The van der Waals surface area contributed by atoms with Gasteiger partial charge in [-0.05, 0) is 24.7 Å². The molecule has 1 aromatic heterocycles. The van der Waals surface area contributed by atoms with E-state index in [1.165, 1.54) is 0 Å². The van der Waals surface area contributed by atoms with E-state index >= 15 is 0 Å². The number of aromatic nitrogens is 2. The van der Waals surface area contributed by atoms with E-state index in [4.69, 9.17) is 9.97 Å². The highest BCUT2D eigenvalue weighted by Gasteiger charge is 2.15. The Kier molecular flexibility index (Phi) is 8.25. The molecule has 0 saturated heterocycles. The van der Waals surface area contributed by atoms with Crippen molar-refractivity contribution in [1.82, 2.24) is 9.97 Å². The molecule has 0 aliphatic heterocycles. The Hall–Kier alpha value is -3.36. The molecular formula is C28H28N2. The minimum absolute atomic E-state index is 0.675. The van der Waals surface area contributed by atoms with Gasteiger partial charge in [-0.3, -0.25) is 0 Å². The molecule has 1 heterocycles. The molecule has 30 heavy (non-hydrogen) atoms. The average molecular weight is 393 g/mol. The molecule has 2 nitrogen and oxygen atoms in total. The topological polar surface area (TPSA) is 25.8 Å². The zero-order chi connectivity index (χ0) is 21.0. The third-order valence-electron chi connectivity index (χ3n) is 4.71. The summed E-state index contributed by atoms with van der Waals surface area (Å²) in [7, 11) is 0. The maximum Gasteiger partial charge on any atom is 0.148 e. The van der Waals surface area contributed by atoms with Crippen molar-refractivity contribution in [3.63, 3.8) is 0 Å². The van der Waals surface area contributed by atoms with Gasteiger partial charge in [-0.25, -0.2) is 9.97 Å². The summed E-state index contributed by atoms with van der Waals surface area (Å²) in [6.07, 6.45) is 6.17. The van der Waals surface area contributed by atoms with Gasteiger partial charge in [0.05, 0.1) is 11.4 Å². The molecule has 0 saturated carbocycles. The van der Waals surface area contributed by atoms with E-state index in [2.05, 4.69) is 61.8 Å². The van der Waals surface area contributed by atoms with Crippen LogP contribution < -0.4 is 0 Å². The van der Waals surface area contributed by atoms with Gasteiger partial charge in [-0.1, -0.05) is 99.2 Å². The van der Waals surface area contributed by atoms with Gasteiger partial charge in [0.2, 0.25) is 0 Å². The van der Waals surface area contributed by atoms with E-state index in [1.807, 2.05) is 36.4 Å². The van der Waals surface area contributed by atoms with Crippen LogP contribution in [0.15, 0.2) is 60.7 Å². The molecule has 2 heteroatoms. The standard InChI is InChI=1S/C28H28N2/c1-3-5-7-15-21-25-26(22-16-8-6-4-2)30-28(24-19-13-10-14-20-24)27(29-25)23-17-11-9-12-18-23/h9-14,17-20H,3-8H2,1-2H3. The van der Waals surface area contributed by atoms with Gasteiger partial charge >= 0.3 is 0 Å². The summed E-state index contributed by atoms with van der Waals surface area (Å²) in [6.45, 7) is 4.35. The zero-order valence-corrected chi connectivity index (χ0v) is 17.9. The predicted octanol–water partition coefficient (Wildman–Crippen LogP) is 6.89. The summed E-state index contributed by atoms with van der Waals surface area (Å²) in [5, 5.41) is 0. The highest BCUT2D eigenvalue weighted by molar-refractivity contribution is 5.78. The van der Waals surface area contributed by atoms with Crippen LogP contribution in [0.4, 0.5) is 0 Å². The Morgan fingerprint density at radius 3 is 1.37 bits per heavy atom. The smallest absolute Gasteiger partial charge is 0.148 e. The van der Waals surface area contributed by atoms with Gasteiger partial charge in [0.15, 0.2) is 0 Å². The predicted molar refractivity (Wildman–Crippen MR) is 126 cm³/mol. The van der Waals surface area contributed by atoms with Crippen molar-refractivity contribution in [3.05, 3.63) is 72.1 Å². The quantitative estimate of drug-likeness (QED) is 0.337. The average Bonchev–Trinajstić information content (AvgIpc) is 2.81. The second-order valence-electron chi connectivity index (χ2n) is 7.16. The summed E-state index contributed by atoms with van der Waals surface area (Å²) >= 11 is 0. The van der Waals surface area contributed by atoms with E-state index in [0.29, 0.717) is 11.4 Å². The number of nitrogens with zero attached hydrogens (tertiary/aromatic N) is 2. The maximum absolute atomic E-state index is 4.98. The summed E-state index contributed by atoms with van der Waals surface area (Å²) in [6, 6.07) is 20.4. The molecule has 0 aliphatic rings. The Labute approximate surface area is 180 Å². The van der Waals surface area contributed by atoms with E-state index in [1.54, 1.807) is 0 Å². The van der Waals surface area contributed by atoms with Crippen molar-refractivity contribution in [2.45, 2.75) is 52.4 Å². The van der Waals surface area contributed by atoms with Crippen LogP contribution in [-0.2, 0) is 0 Å². The Morgan fingerprint density at radius 1 is 0.600 bits per heavy atom. The molecule has 2 aromatic carbocycles. The molecule has 3 rings (SSSR count). The minimum atomic E-state index is 0.675. The highest BCUT2D eigenvalue weighted by atomic mass is 14.8. The highest BCUT2D eigenvalue weighted by Crippen LogP contribution is 2.29. The maximum atomic E-state index is 4.98. The number of unbranched alkanes of at least 4 members (excludes halogenated alkanes) is 4. The van der Waals surface area contributed by atoms with Crippen LogP contribution in [0.1, 0.15) is 63.8 Å². The summed E-state index contributed by atoms with van der Waals surface area (Å²) in [5.41, 5.74) is 5.11. The van der Waals surface area contributed by atoms with Crippen LogP contribution in [0.5, 0.6) is 0 Å². The van der Waals surface area contributed by atoms with Crippen LogP contribution in [0.2, 0.25) is 0 Å². The van der Waals surface area contributed by atoms with Gasteiger partial charge in [0.25, 0.3) is 0 Å². The zero-order valence-electron chi connectivity index (χ0n) is 17.9. The summed E-state index contributed by atoms with van der Waals surface area (Å²) in [4.78, 5) is 9.95. The first-order valence-electron chi connectivity index (χ1n) is 10.8. The minimum Gasteiger partial charge on any atom is -0.234 e. The number of benzene rings is 2. The number of hydrogen-bond acceptors (Lipinski definition) is 2. The largest absolute Gasteiger partial charge is 0.234 e.